The maximum absolute atomic E-state index is 14.9. The number of ether oxygens (including phenoxy) is 1. The van der Waals surface area contributed by atoms with Gasteiger partial charge in [-0.15, -0.1) is 0 Å². The lowest BCUT2D eigenvalue weighted by molar-refractivity contribution is -0.253. The Labute approximate surface area is 234 Å². The fourth-order valence-corrected chi connectivity index (χ4v) is 5.02. The maximum atomic E-state index is 14.9. The van der Waals surface area contributed by atoms with Crippen LogP contribution in [0.4, 0.5) is 44.3 Å². The summed E-state index contributed by atoms with van der Waals surface area (Å²) in [6.07, 6.45) is -12.0. The van der Waals surface area contributed by atoms with Gasteiger partial charge in [-0.3, -0.25) is 0 Å². The molecule has 1 fully saturated rings. The molecular formula is C29H25F9N2O2. The number of amides is 2. The van der Waals surface area contributed by atoms with Crippen molar-refractivity contribution in [3.8, 4) is 5.75 Å². The van der Waals surface area contributed by atoms with Crippen LogP contribution in [0, 0.1) is 11.6 Å². The molecule has 0 aromatic heterocycles. The monoisotopic (exact) mass is 604 g/mol. The summed E-state index contributed by atoms with van der Waals surface area (Å²) in [7, 11) is 0. The average molecular weight is 605 g/mol. The van der Waals surface area contributed by atoms with Crippen molar-refractivity contribution >= 4 is 6.03 Å². The highest BCUT2D eigenvalue weighted by molar-refractivity contribution is 5.76. The van der Waals surface area contributed by atoms with Gasteiger partial charge in [-0.1, -0.05) is 49.2 Å². The van der Waals surface area contributed by atoms with E-state index in [0.29, 0.717) is 36.6 Å². The van der Waals surface area contributed by atoms with Crippen LogP contribution in [0.1, 0.15) is 47.9 Å². The molecule has 4 rings (SSSR count). The molecule has 0 saturated heterocycles. The zero-order chi connectivity index (χ0) is 30.7. The summed E-state index contributed by atoms with van der Waals surface area (Å²) in [6.45, 7) is 0. The fourth-order valence-electron chi connectivity index (χ4n) is 5.02. The molecule has 0 heterocycles. The van der Waals surface area contributed by atoms with Crippen molar-refractivity contribution < 1.29 is 49.0 Å². The van der Waals surface area contributed by atoms with Crippen LogP contribution in [-0.2, 0) is 18.1 Å². The molecule has 1 aliphatic carbocycles. The van der Waals surface area contributed by atoms with E-state index in [2.05, 4.69) is 15.4 Å². The number of carbonyl (C=O) groups excluding carboxylic acids is 1. The van der Waals surface area contributed by atoms with Crippen LogP contribution in [0.2, 0.25) is 0 Å². The lowest BCUT2D eigenvalue weighted by Crippen LogP contribution is -2.53. The molecule has 0 radical (unpaired) electrons. The molecule has 42 heavy (non-hydrogen) atoms. The number of nitrogens with one attached hydrogen (secondary N) is 2. The van der Waals surface area contributed by atoms with Gasteiger partial charge in [0, 0.05) is 18.5 Å². The topological polar surface area (TPSA) is 50.4 Å². The number of rotatable bonds is 9. The molecule has 13 heteroatoms. The lowest BCUT2D eigenvalue weighted by atomic mass is 9.77. The molecule has 0 unspecified atom stereocenters. The van der Waals surface area contributed by atoms with Gasteiger partial charge in [-0.05, 0) is 53.8 Å². The van der Waals surface area contributed by atoms with Gasteiger partial charge < -0.3 is 15.4 Å². The Bertz CT molecular complexity index is 1390. The SMILES string of the molecule is O=C(NC1CCCC1)N[C@@](Cc1ccccc1)(c1cc(F)cc(OC(F)(F)C(F)F)c1)c1ccc(F)c(C(F)(F)F)c1. The van der Waals surface area contributed by atoms with E-state index >= 15 is 0 Å². The molecule has 0 aliphatic heterocycles. The predicted octanol–water partition coefficient (Wildman–Crippen LogP) is 7.95. The number of halogens is 9. The van der Waals surface area contributed by atoms with Gasteiger partial charge in [0.15, 0.2) is 0 Å². The van der Waals surface area contributed by atoms with Crippen molar-refractivity contribution in [1.82, 2.24) is 10.6 Å². The smallest absolute Gasteiger partial charge is 0.428 e. The van der Waals surface area contributed by atoms with E-state index < -0.39 is 58.8 Å². The number of hydrogen-bond acceptors (Lipinski definition) is 2. The second kappa shape index (κ2) is 12.1. The van der Waals surface area contributed by atoms with Crippen molar-refractivity contribution in [3.05, 3.63) is 101 Å². The van der Waals surface area contributed by atoms with Crippen LogP contribution < -0.4 is 15.4 Å². The minimum Gasteiger partial charge on any atom is -0.428 e. The van der Waals surface area contributed by atoms with E-state index in [1.54, 1.807) is 30.3 Å². The highest BCUT2D eigenvalue weighted by atomic mass is 19.4. The first-order chi connectivity index (χ1) is 19.7. The summed E-state index contributed by atoms with van der Waals surface area (Å²) in [5, 5.41) is 5.29. The van der Waals surface area contributed by atoms with E-state index in [0.717, 1.165) is 31.0 Å². The van der Waals surface area contributed by atoms with E-state index in [1.807, 2.05) is 0 Å². The predicted molar refractivity (Wildman–Crippen MR) is 134 cm³/mol. The van der Waals surface area contributed by atoms with Crippen LogP contribution in [0.5, 0.6) is 5.75 Å². The molecule has 0 spiro atoms. The minimum atomic E-state index is -5.18. The molecule has 3 aromatic rings. The van der Waals surface area contributed by atoms with Crippen molar-refractivity contribution in [2.75, 3.05) is 0 Å². The summed E-state index contributed by atoms with van der Waals surface area (Å²) < 4.78 is 128. The van der Waals surface area contributed by atoms with Crippen LogP contribution in [0.15, 0.2) is 66.7 Å². The van der Waals surface area contributed by atoms with E-state index in [1.165, 1.54) is 0 Å². The van der Waals surface area contributed by atoms with Gasteiger partial charge in [0.2, 0.25) is 0 Å². The molecule has 1 aliphatic rings. The zero-order valence-electron chi connectivity index (χ0n) is 21.8. The van der Waals surface area contributed by atoms with Crippen LogP contribution >= 0.6 is 0 Å². The molecule has 2 amide bonds. The van der Waals surface area contributed by atoms with Crippen LogP contribution in [-0.4, -0.2) is 24.6 Å². The number of hydrogen-bond donors (Lipinski definition) is 2. The van der Waals surface area contributed by atoms with Crippen LogP contribution in [0.3, 0.4) is 0 Å². The first-order valence-electron chi connectivity index (χ1n) is 12.9. The molecule has 226 valence electrons. The van der Waals surface area contributed by atoms with Gasteiger partial charge in [0.25, 0.3) is 0 Å². The summed E-state index contributed by atoms with van der Waals surface area (Å²) in [4.78, 5) is 13.3. The van der Waals surface area contributed by atoms with Crippen molar-refractivity contribution in [3.63, 3.8) is 0 Å². The Morgan fingerprint density at radius 1 is 0.881 bits per heavy atom. The maximum Gasteiger partial charge on any atom is 0.461 e. The van der Waals surface area contributed by atoms with E-state index in [4.69, 9.17) is 0 Å². The van der Waals surface area contributed by atoms with Gasteiger partial charge in [-0.2, -0.15) is 30.7 Å². The highest BCUT2D eigenvalue weighted by Gasteiger charge is 2.45. The molecule has 2 N–H and O–H groups in total. The Morgan fingerprint density at radius 3 is 2.17 bits per heavy atom. The third kappa shape index (κ3) is 7.11. The van der Waals surface area contributed by atoms with Gasteiger partial charge >= 0.3 is 24.7 Å². The largest absolute Gasteiger partial charge is 0.461 e. The molecule has 0 bridgehead atoms. The molecule has 1 saturated carbocycles. The second-order valence-corrected chi connectivity index (χ2v) is 9.98. The highest BCUT2D eigenvalue weighted by Crippen LogP contribution is 2.40. The molecule has 3 aromatic carbocycles. The van der Waals surface area contributed by atoms with Crippen molar-refractivity contribution in [2.45, 2.75) is 62.4 Å². The van der Waals surface area contributed by atoms with Gasteiger partial charge in [-0.25, -0.2) is 13.6 Å². The normalized spacial score (nSPS) is 15.9. The molecule has 4 nitrogen and oxygen atoms in total. The number of alkyl halides is 7. The van der Waals surface area contributed by atoms with Gasteiger partial charge in [0.1, 0.15) is 17.4 Å². The first kappa shape index (κ1) is 31.0. The standard InChI is InChI=1S/C29H25F9N2O2/c30-20-12-19(13-22(15-20)42-29(37,38)25(32)33)27(16-17-6-2-1-3-7-17,40-26(41)39-21-8-4-5-9-21)18-10-11-24(31)23(14-18)28(34,35)36/h1-3,6-7,10-15,21,25H,4-5,8-9,16H2,(H2,39,40,41)/t27-/m1/s1. The Kier molecular flexibility index (Phi) is 8.98. The zero-order valence-corrected chi connectivity index (χ0v) is 21.8. The molecule has 1 atom stereocenters. The Hall–Kier alpha value is -3.90. The fraction of sp³-hybridized carbons (Fsp3) is 0.345. The lowest BCUT2D eigenvalue weighted by Gasteiger charge is -2.37. The molecular weight excluding hydrogens is 579 g/mol. The summed E-state index contributed by atoms with van der Waals surface area (Å²) in [6, 6.07) is 10.4. The number of urea groups is 1. The summed E-state index contributed by atoms with van der Waals surface area (Å²) in [5.41, 5.74) is -4.29. The third-order valence-corrected chi connectivity index (χ3v) is 6.97. The first-order valence-corrected chi connectivity index (χ1v) is 12.9. The summed E-state index contributed by atoms with van der Waals surface area (Å²) >= 11 is 0. The number of carbonyl (C=O) groups is 1. The summed E-state index contributed by atoms with van der Waals surface area (Å²) in [5.74, 6) is -3.99. The van der Waals surface area contributed by atoms with E-state index in [9.17, 15) is 44.3 Å². The van der Waals surface area contributed by atoms with E-state index in [-0.39, 0.29) is 18.0 Å². The van der Waals surface area contributed by atoms with Crippen LogP contribution in [0.25, 0.3) is 0 Å². The van der Waals surface area contributed by atoms with Crippen molar-refractivity contribution in [1.29, 1.82) is 0 Å². The number of benzene rings is 3. The Morgan fingerprint density at radius 2 is 1.55 bits per heavy atom. The Balaban J connectivity index is 1.95. The van der Waals surface area contributed by atoms with Crippen molar-refractivity contribution in [2.24, 2.45) is 0 Å². The third-order valence-electron chi connectivity index (χ3n) is 6.97. The second-order valence-electron chi connectivity index (χ2n) is 9.98. The average Bonchev–Trinajstić information content (AvgIpc) is 3.40. The quantitative estimate of drug-likeness (QED) is 0.244. The minimum absolute atomic E-state index is 0.283. The van der Waals surface area contributed by atoms with Gasteiger partial charge in [0.05, 0.1) is 11.1 Å².